The number of hydrogen-bond acceptors (Lipinski definition) is 7. The Bertz CT molecular complexity index is 1190. The molecule has 0 bridgehead atoms. The largest absolute Gasteiger partial charge is 0.496 e. The molecule has 4 rings (SSSR count). The lowest BCUT2D eigenvalue weighted by Crippen LogP contribution is -1.97. The quantitative estimate of drug-likeness (QED) is 0.546. The predicted molar refractivity (Wildman–Crippen MR) is 111 cm³/mol. The highest BCUT2D eigenvalue weighted by Gasteiger charge is 2.18. The number of hydrogen-bond donors (Lipinski definition) is 1. The zero-order valence-corrected chi connectivity index (χ0v) is 17.1. The van der Waals surface area contributed by atoms with Crippen LogP contribution in [0.25, 0.3) is 31.8 Å². The molecule has 144 valence electrons. The highest BCUT2D eigenvalue weighted by Crippen LogP contribution is 2.39. The van der Waals surface area contributed by atoms with Gasteiger partial charge in [0.25, 0.3) is 0 Å². The summed E-state index contributed by atoms with van der Waals surface area (Å²) in [6.07, 6.45) is 1.74. The van der Waals surface area contributed by atoms with E-state index in [4.69, 9.17) is 14.5 Å². The Hall–Kier alpha value is -2.61. The normalized spacial score (nSPS) is 11.5. The van der Waals surface area contributed by atoms with Crippen LogP contribution in [0.2, 0.25) is 0 Å². The summed E-state index contributed by atoms with van der Waals surface area (Å²) in [5.74, 6) is 0.754. The van der Waals surface area contributed by atoms with E-state index in [1.165, 1.54) is 0 Å². The predicted octanol–water partition coefficient (Wildman–Crippen LogP) is 4.17. The van der Waals surface area contributed by atoms with Crippen molar-refractivity contribution in [2.45, 2.75) is 27.1 Å². The van der Waals surface area contributed by atoms with Gasteiger partial charge < -0.3 is 14.6 Å². The molecule has 0 unspecified atom stereocenters. The zero-order chi connectivity index (χ0) is 19.8. The van der Waals surface area contributed by atoms with Crippen molar-refractivity contribution in [3.05, 3.63) is 46.8 Å². The average Bonchev–Trinajstić information content (AvgIpc) is 3.10. The fourth-order valence-corrected chi connectivity index (χ4v) is 4.45. The van der Waals surface area contributed by atoms with Crippen LogP contribution >= 0.6 is 11.3 Å². The van der Waals surface area contributed by atoms with E-state index in [-0.39, 0.29) is 6.61 Å². The maximum Gasteiger partial charge on any atom is 0.126 e. The van der Waals surface area contributed by atoms with Crippen molar-refractivity contribution >= 4 is 32.6 Å². The monoisotopic (exact) mass is 395 g/mol. The van der Waals surface area contributed by atoms with Crippen LogP contribution in [-0.4, -0.2) is 34.3 Å². The molecule has 0 saturated carbocycles. The second kappa shape index (κ2) is 7.43. The van der Waals surface area contributed by atoms with Gasteiger partial charge in [-0.25, -0.2) is 9.97 Å². The molecule has 0 amide bonds. The van der Waals surface area contributed by atoms with Crippen molar-refractivity contribution in [2.24, 2.45) is 0 Å². The number of nitrogens with zero attached hydrogens (tertiary/aromatic N) is 3. The van der Waals surface area contributed by atoms with Gasteiger partial charge in [0, 0.05) is 18.2 Å². The van der Waals surface area contributed by atoms with E-state index in [0.717, 1.165) is 60.0 Å². The fraction of sp³-hybridized carbons (Fsp3) is 0.286. The summed E-state index contributed by atoms with van der Waals surface area (Å²) in [7, 11) is 3.28. The molecule has 0 spiro atoms. The van der Waals surface area contributed by atoms with Crippen molar-refractivity contribution in [1.82, 2.24) is 15.0 Å². The standard InChI is InChI=1S/C21H21N3O3S/c1-11-5-14(19-16(6-11)23-13(8-22-19)10-26-3)21-24-20-15(9-25)12(2)17(27-4)7-18(20)28-21/h5-8,25H,9-10H2,1-4H3. The van der Waals surface area contributed by atoms with E-state index >= 15 is 0 Å². The first-order valence-corrected chi connectivity index (χ1v) is 9.70. The fourth-order valence-electron chi connectivity index (χ4n) is 3.40. The van der Waals surface area contributed by atoms with Crippen LogP contribution in [0.1, 0.15) is 22.4 Å². The van der Waals surface area contributed by atoms with Crippen LogP contribution in [0, 0.1) is 13.8 Å². The molecular weight excluding hydrogens is 374 g/mol. The molecular formula is C21H21N3O3S. The van der Waals surface area contributed by atoms with Crippen LogP contribution in [0.3, 0.4) is 0 Å². The number of ether oxygens (including phenoxy) is 2. The van der Waals surface area contributed by atoms with Gasteiger partial charge in [0.05, 0.1) is 53.5 Å². The van der Waals surface area contributed by atoms with Crippen molar-refractivity contribution in [3.8, 4) is 16.3 Å². The molecule has 2 aromatic carbocycles. The van der Waals surface area contributed by atoms with Crippen LogP contribution in [0.15, 0.2) is 24.4 Å². The minimum absolute atomic E-state index is 0.0859. The molecule has 0 radical (unpaired) electrons. The lowest BCUT2D eigenvalue weighted by atomic mass is 10.1. The van der Waals surface area contributed by atoms with E-state index in [1.807, 2.05) is 26.0 Å². The highest BCUT2D eigenvalue weighted by atomic mass is 32.1. The first-order valence-electron chi connectivity index (χ1n) is 8.89. The summed E-state index contributed by atoms with van der Waals surface area (Å²) in [5.41, 5.74) is 6.95. The van der Waals surface area contributed by atoms with Crippen molar-refractivity contribution < 1.29 is 14.6 Å². The van der Waals surface area contributed by atoms with Gasteiger partial charge in [0.2, 0.25) is 0 Å². The number of thiazole rings is 1. The maximum absolute atomic E-state index is 9.89. The number of fused-ring (bicyclic) bond motifs is 2. The summed E-state index contributed by atoms with van der Waals surface area (Å²) >= 11 is 1.56. The Morgan fingerprint density at radius 3 is 2.61 bits per heavy atom. The lowest BCUT2D eigenvalue weighted by Gasteiger charge is -2.09. The smallest absolute Gasteiger partial charge is 0.126 e. The topological polar surface area (TPSA) is 77.4 Å². The first-order chi connectivity index (χ1) is 13.5. The van der Waals surface area contributed by atoms with Crippen molar-refractivity contribution in [1.29, 1.82) is 0 Å². The minimum Gasteiger partial charge on any atom is -0.496 e. The number of methoxy groups -OCH3 is 2. The van der Waals surface area contributed by atoms with E-state index in [1.54, 1.807) is 31.8 Å². The summed E-state index contributed by atoms with van der Waals surface area (Å²) < 4.78 is 11.6. The van der Waals surface area contributed by atoms with Gasteiger partial charge in [-0.05, 0) is 43.2 Å². The van der Waals surface area contributed by atoms with Gasteiger partial charge in [0.15, 0.2) is 0 Å². The molecule has 6 nitrogen and oxygen atoms in total. The Kier molecular flexibility index (Phi) is 4.97. The number of aliphatic hydroxyl groups excluding tert-OH is 1. The Balaban J connectivity index is 1.96. The van der Waals surface area contributed by atoms with E-state index in [9.17, 15) is 5.11 Å². The molecule has 0 fully saturated rings. The van der Waals surface area contributed by atoms with E-state index in [2.05, 4.69) is 16.0 Å². The Morgan fingerprint density at radius 2 is 1.89 bits per heavy atom. The third kappa shape index (κ3) is 3.11. The third-order valence-electron chi connectivity index (χ3n) is 4.77. The van der Waals surface area contributed by atoms with Crippen LogP contribution in [0.5, 0.6) is 5.75 Å². The number of aryl methyl sites for hydroxylation is 1. The molecule has 0 aliphatic carbocycles. The van der Waals surface area contributed by atoms with Gasteiger partial charge in [-0.1, -0.05) is 0 Å². The number of aliphatic hydroxyl groups is 1. The second-order valence-corrected chi connectivity index (χ2v) is 7.71. The lowest BCUT2D eigenvalue weighted by molar-refractivity contribution is 0.181. The minimum atomic E-state index is -0.0859. The summed E-state index contributed by atoms with van der Waals surface area (Å²) in [6.45, 7) is 4.31. The molecule has 2 heterocycles. The summed E-state index contributed by atoms with van der Waals surface area (Å²) in [5, 5.41) is 10.7. The molecule has 0 aliphatic rings. The van der Waals surface area contributed by atoms with Gasteiger partial charge >= 0.3 is 0 Å². The SMILES string of the molecule is COCc1cnc2c(-c3nc4c(CO)c(C)c(OC)cc4s3)cc(C)cc2n1. The van der Waals surface area contributed by atoms with Crippen LogP contribution < -0.4 is 4.74 Å². The Labute approximate surface area is 166 Å². The van der Waals surface area contributed by atoms with Crippen LogP contribution in [-0.2, 0) is 18.0 Å². The van der Waals surface area contributed by atoms with Gasteiger partial charge in [-0.3, -0.25) is 4.98 Å². The van der Waals surface area contributed by atoms with E-state index in [0.29, 0.717) is 6.61 Å². The van der Waals surface area contributed by atoms with Crippen molar-refractivity contribution in [3.63, 3.8) is 0 Å². The van der Waals surface area contributed by atoms with Crippen LogP contribution in [0.4, 0.5) is 0 Å². The highest BCUT2D eigenvalue weighted by molar-refractivity contribution is 7.21. The molecule has 7 heteroatoms. The van der Waals surface area contributed by atoms with Crippen molar-refractivity contribution in [2.75, 3.05) is 14.2 Å². The third-order valence-corrected chi connectivity index (χ3v) is 5.80. The molecule has 0 aliphatic heterocycles. The molecule has 0 saturated heterocycles. The number of rotatable bonds is 5. The van der Waals surface area contributed by atoms with Gasteiger partial charge in [0.1, 0.15) is 10.8 Å². The Morgan fingerprint density at radius 1 is 1.07 bits per heavy atom. The van der Waals surface area contributed by atoms with E-state index < -0.39 is 0 Å². The maximum atomic E-state index is 9.89. The van der Waals surface area contributed by atoms with Gasteiger partial charge in [-0.15, -0.1) is 11.3 Å². The average molecular weight is 395 g/mol. The first kappa shape index (κ1) is 18.7. The second-order valence-electron chi connectivity index (χ2n) is 6.68. The van der Waals surface area contributed by atoms with Gasteiger partial charge in [-0.2, -0.15) is 0 Å². The summed E-state index contributed by atoms with van der Waals surface area (Å²) in [6, 6.07) is 6.07. The summed E-state index contributed by atoms with van der Waals surface area (Å²) in [4.78, 5) is 14.2. The molecule has 0 atom stereocenters. The molecule has 1 N–H and O–H groups in total. The molecule has 4 aromatic rings. The molecule has 28 heavy (non-hydrogen) atoms. The molecule has 2 aromatic heterocycles. The number of benzene rings is 2. The number of aromatic nitrogens is 3. The zero-order valence-electron chi connectivity index (χ0n) is 16.2.